The van der Waals surface area contributed by atoms with Crippen LogP contribution in [0.2, 0.25) is 0 Å². The zero-order valence-electron chi connectivity index (χ0n) is 22.3. The molecule has 0 bridgehead atoms. The summed E-state index contributed by atoms with van der Waals surface area (Å²) in [6, 6.07) is 10.4. The molecular formula is C29H32N8O2. The second-order valence-electron chi connectivity index (χ2n) is 10.7. The Balaban J connectivity index is 1.03. The molecule has 39 heavy (non-hydrogen) atoms. The van der Waals surface area contributed by atoms with Crippen molar-refractivity contribution in [3.05, 3.63) is 60.7 Å². The fraction of sp³-hybridized carbons (Fsp3) is 0.379. The van der Waals surface area contributed by atoms with E-state index in [1.54, 1.807) is 7.11 Å². The molecule has 0 aromatic carbocycles. The molecule has 10 nitrogen and oxygen atoms in total. The lowest BCUT2D eigenvalue weighted by molar-refractivity contribution is 0.0719. The number of piperidine rings is 1. The molecule has 0 aliphatic carbocycles. The van der Waals surface area contributed by atoms with Crippen LogP contribution in [0.15, 0.2) is 55.1 Å². The predicted octanol–water partition coefficient (Wildman–Crippen LogP) is 4.18. The number of aromatic amines is 1. The minimum atomic E-state index is 0.400. The van der Waals surface area contributed by atoms with Crippen molar-refractivity contribution in [2.45, 2.75) is 26.3 Å². The van der Waals surface area contributed by atoms with Crippen LogP contribution in [0.3, 0.4) is 0 Å². The highest BCUT2D eigenvalue weighted by Gasteiger charge is 2.45. The summed E-state index contributed by atoms with van der Waals surface area (Å²) in [6.07, 6.45) is 10.1. The first kappa shape index (κ1) is 23.9. The number of hydrogen-bond acceptors (Lipinski definition) is 8. The molecule has 1 spiro atoms. The van der Waals surface area contributed by atoms with E-state index in [0.717, 1.165) is 72.0 Å². The minimum Gasteiger partial charge on any atom is -0.492 e. The van der Waals surface area contributed by atoms with E-state index in [4.69, 9.17) is 14.5 Å². The van der Waals surface area contributed by atoms with E-state index in [-0.39, 0.29) is 0 Å². The quantitative estimate of drug-likeness (QED) is 0.339. The molecule has 2 saturated heterocycles. The number of H-pyrrole nitrogens is 1. The highest BCUT2D eigenvalue weighted by atomic mass is 16.5. The summed E-state index contributed by atoms with van der Waals surface area (Å²) in [6.45, 7) is 7.90. The molecule has 2 aliphatic rings. The maximum absolute atomic E-state index is 5.82. The molecule has 7 rings (SSSR count). The van der Waals surface area contributed by atoms with Gasteiger partial charge in [0.2, 0.25) is 5.88 Å². The van der Waals surface area contributed by atoms with E-state index in [1.807, 2.05) is 42.3 Å². The molecule has 5 aromatic heterocycles. The van der Waals surface area contributed by atoms with Crippen LogP contribution in [0, 0.1) is 5.41 Å². The number of nitrogens with zero attached hydrogens (tertiary/aromatic N) is 7. The van der Waals surface area contributed by atoms with Crippen molar-refractivity contribution in [3.63, 3.8) is 0 Å². The Hall–Kier alpha value is -4.18. The highest BCUT2D eigenvalue weighted by molar-refractivity contribution is 6.00. The molecule has 0 saturated carbocycles. The van der Waals surface area contributed by atoms with Crippen molar-refractivity contribution in [1.29, 1.82) is 0 Å². The number of nitrogens with one attached hydrogen (secondary N) is 1. The van der Waals surface area contributed by atoms with Crippen molar-refractivity contribution in [2.24, 2.45) is 5.41 Å². The van der Waals surface area contributed by atoms with Gasteiger partial charge in [0.1, 0.15) is 11.6 Å². The fourth-order valence-electron chi connectivity index (χ4n) is 6.05. The highest BCUT2D eigenvalue weighted by Crippen LogP contribution is 2.43. The Bertz CT molecular complexity index is 1590. The van der Waals surface area contributed by atoms with Gasteiger partial charge in [-0.05, 0) is 56.6 Å². The average Bonchev–Trinajstić information content (AvgIpc) is 3.54. The van der Waals surface area contributed by atoms with Crippen LogP contribution in [-0.2, 0) is 6.54 Å². The molecule has 1 N–H and O–H groups in total. The Labute approximate surface area is 226 Å². The fourth-order valence-corrected chi connectivity index (χ4v) is 6.05. The van der Waals surface area contributed by atoms with E-state index in [2.05, 4.69) is 54.3 Å². The van der Waals surface area contributed by atoms with Gasteiger partial charge in [-0.25, -0.2) is 14.5 Å². The zero-order chi connectivity index (χ0) is 26.4. The summed E-state index contributed by atoms with van der Waals surface area (Å²) in [7, 11) is 1.65. The summed E-state index contributed by atoms with van der Waals surface area (Å²) in [5.74, 6) is 2.48. The van der Waals surface area contributed by atoms with Crippen LogP contribution >= 0.6 is 0 Å². The van der Waals surface area contributed by atoms with Gasteiger partial charge in [0.15, 0.2) is 5.65 Å². The van der Waals surface area contributed by atoms with Gasteiger partial charge in [-0.15, -0.1) is 5.10 Å². The Morgan fingerprint density at radius 1 is 1.03 bits per heavy atom. The van der Waals surface area contributed by atoms with E-state index in [9.17, 15) is 0 Å². The lowest BCUT2D eigenvalue weighted by Gasteiger charge is -2.54. The van der Waals surface area contributed by atoms with Gasteiger partial charge in [0, 0.05) is 54.6 Å². The van der Waals surface area contributed by atoms with Crippen molar-refractivity contribution in [1.82, 2.24) is 34.7 Å². The number of ether oxygens (including phenoxy) is 2. The monoisotopic (exact) mass is 524 g/mol. The Kier molecular flexibility index (Phi) is 5.84. The van der Waals surface area contributed by atoms with Crippen molar-refractivity contribution < 1.29 is 9.47 Å². The molecule has 200 valence electrons. The zero-order valence-corrected chi connectivity index (χ0v) is 22.3. The van der Waals surface area contributed by atoms with Gasteiger partial charge >= 0.3 is 0 Å². The number of pyridine rings is 3. The number of anilines is 1. The summed E-state index contributed by atoms with van der Waals surface area (Å²) < 4.78 is 12.9. The van der Waals surface area contributed by atoms with Gasteiger partial charge in [0.05, 0.1) is 37.0 Å². The topological polar surface area (TPSA) is 96.7 Å². The number of methoxy groups -OCH3 is 1. The number of likely N-dealkylation sites (tertiary alicyclic amines) is 1. The summed E-state index contributed by atoms with van der Waals surface area (Å²) in [5, 5.41) is 12.8. The molecule has 0 unspecified atom stereocenters. The number of fused-ring (bicyclic) bond motifs is 3. The number of rotatable bonds is 7. The van der Waals surface area contributed by atoms with Crippen LogP contribution in [0.5, 0.6) is 11.6 Å². The average molecular weight is 525 g/mol. The third kappa shape index (κ3) is 4.34. The van der Waals surface area contributed by atoms with Crippen LogP contribution in [0.25, 0.3) is 27.7 Å². The summed E-state index contributed by atoms with van der Waals surface area (Å²) >= 11 is 0. The van der Waals surface area contributed by atoms with Crippen molar-refractivity contribution >= 4 is 22.4 Å². The number of hydrogen-bond donors (Lipinski definition) is 1. The molecule has 10 heteroatoms. The smallest absolute Gasteiger partial charge is 0.212 e. The van der Waals surface area contributed by atoms with Crippen molar-refractivity contribution in [3.8, 4) is 22.8 Å². The van der Waals surface area contributed by atoms with E-state index in [0.29, 0.717) is 17.9 Å². The predicted molar refractivity (Wildman–Crippen MR) is 149 cm³/mol. The maximum atomic E-state index is 5.82. The number of aromatic nitrogens is 6. The summed E-state index contributed by atoms with van der Waals surface area (Å²) in [5.41, 5.74) is 5.45. The Morgan fingerprint density at radius 2 is 1.90 bits per heavy atom. The van der Waals surface area contributed by atoms with Crippen LogP contribution in [-0.4, -0.2) is 74.6 Å². The molecule has 0 atom stereocenters. The van der Waals surface area contributed by atoms with Gasteiger partial charge < -0.3 is 14.4 Å². The molecular weight excluding hydrogens is 492 g/mol. The molecule has 5 aromatic rings. The van der Waals surface area contributed by atoms with Gasteiger partial charge in [-0.3, -0.25) is 10.00 Å². The normalized spacial score (nSPS) is 17.1. The van der Waals surface area contributed by atoms with Gasteiger partial charge in [0.25, 0.3) is 0 Å². The molecule has 7 heterocycles. The Morgan fingerprint density at radius 3 is 2.62 bits per heavy atom. The van der Waals surface area contributed by atoms with Crippen LogP contribution < -0.4 is 14.4 Å². The standard InChI is InChI=1S/C29H32N8O2/c1-3-39-22-12-23(27-24-15-32-33-28(24)34-37(27)17-22)21-5-6-25(30-14-21)36-18-29(19-36)8-10-35(11-9-29)16-20-4-7-26(38-2)31-13-20/h4-7,12-15,17H,3,8-11,16,18-19H2,1-2H3,(H,33,34). The lowest BCUT2D eigenvalue weighted by atomic mass is 9.72. The molecule has 0 amide bonds. The van der Waals surface area contributed by atoms with Gasteiger partial charge in [-0.1, -0.05) is 6.07 Å². The second kappa shape index (κ2) is 9.53. The maximum Gasteiger partial charge on any atom is 0.212 e. The molecule has 0 radical (unpaired) electrons. The van der Waals surface area contributed by atoms with Gasteiger partial charge in [-0.2, -0.15) is 5.10 Å². The first-order chi connectivity index (χ1) is 19.1. The molecule has 2 fully saturated rings. The first-order valence-electron chi connectivity index (χ1n) is 13.5. The van der Waals surface area contributed by atoms with E-state index < -0.39 is 0 Å². The van der Waals surface area contributed by atoms with Crippen LogP contribution in [0.1, 0.15) is 25.3 Å². The SMILES string of the molecule is CCOc1cc(-c2ccc(N3CC4(CCN(Cc5ccc(OC)nc5)CC4)C3)nc2)c2c3cn[nH]c3nn2c1. The first-order valence-corrected chi connectivity index (χ1v) is 13.5. The summed E-state index contributed by atoms with van der Waals surface area (Å²) in [4.78, 5) is 14.2. The largest absolute Gasteiger partial charge is 0.492 e. The molecule has 2 aliphatic heterocycles. The lowest BCUT2D eigenvalue weighted by Crippen LogP contribution is -2.60. The van der Waals surface area contributed by atoms with E-state index in [1.165, 1.54) is 18.4 Å². The second-order valence-corrected chi connectivity index (χ2v) is 10.7. The minimum absolute atomic E-state index is 0.400. The van der Waals surface area contributed by atoms with Crippen LogP contribution in [0.4, 0.5) is 5.82 Å². The third-order valence-corrected chi connectivity index (χ3v) is 8.18. The van der Waals surface area contributed by atoms with Crippen molar-refractivity contribution in [2.75, 3.05) is 44.8 Å². The third-order valence-electron chi connectivity index (χ3n) is 8.18. The van der Waals surface area contributed by atoms with E-state index >= 15 is 0 Å².